The molecule has 4 nitrogen and oxygen atoms in total. The van der Waals surface area contributed by atoms with Crippen LogP contribution in [-0.4, -0.2) is 28.9 Å². The second-order valence-electron chi connectivity index (χ2n) is 4.37. The smallest absolute Gasteiger partial charge is 0.328 e. The van der Waals surface area contributed by atoms with Crippen LogP contribution in [0.5, 0.6) is 0 Å². The van der Waals surface area contributed by atoms with Gasteiger partial charge in [-0.05, 0) is 23.1 Å². The summed E-state index contributed by atoms with van der Waals surface area (Å²) in [5, 5.41) is 10.4. The van der Waals surface area contributed by atoms with Gasteiger partial charge in [-0.2, -0.15) is 0 Å². The van der Waals surface area contributed by atoms with Gasteiger partial charge in [0.25, 0.3) is 0 Å². The lowest BCUT2D eigenvalue weighted by molar-refractivity contribution is -0.133. The minimum absolute atomic E-state index is 0.0126. The van der Waals surface area contributed by atoms with Crippen molar-refractivity contribution in [3.8, 4) is 0 Å². The summed E-state index contributed by atoms with van der Waals surface area (Å²) in [6.07, 6.45) is 2.65. The van der Waals surface area contributed by atoms with Crippen LogP contribution in [0.25, 0.3) is 6.08 Å². The average Bonchev–Trinajstić information content (AvgIpc) is 2.72. The zero-order valence-electron chi connectivity index (χ0n) is 10.7. The second kappa shape index (κ2) is 6.35. The number of carbonyl (C=O) groups is 2. The number of carbonyl (C=O) groups excluding carboxylic acids is 1. The lowest BCUT2D eigenvalue weighted by atomic mass is 10.2. The number of thiophene rings is 1. The van der Waals surface area contributed by atoms with Crippen LogP contribution in [0.15, 0.2) is 17.5 Å². The molecule has 0 spiro atoms. The molecule has 1 amide bonds. The van der Waals surface area contributed by atoms with E-state index >= 15 is 0 Å². The number of amides is 1. The minimum atomic E-state index is -0.963. The summed E-state index contributed by atoms with van der Waals surface area (Å²) in [5.41, 5.74) is 0.850. The van der Waals surface area contributed by atoms with Crippen LogP contribution in [0.3, 0.4) is 0 Å². The molecule has 0 aliphatic rings. The van der Waals surface area contributed by atoms with Crippen LogP contribution >= 0.6 is 11.3 Å². The Balaban J connectivity index is 2.64. The predicted molar refractivity (Wildman–Crippen MR) is 72.3 cm³/mol. The average molecular weight is 267 g/mol. The van der Waals surface area contributed by atoms with Crippen molar-refractivity contribution in [2.75, 3.05) is 7.05 Å². The summed E-state index contributed by atoms with van der Waals surface area (Å²) in [6.45, 7) is 4.30. The van der Waals surface area contributed by atoms with E-state index in [0.29, 0.717) is 6.54 Å². The number of hydrogen-bond acceptors (Lipinski definition) is 3. The Labute approximate surface area is 111 Å². The van der Waals surface area contributed by atoms with Gasteiger partial charge in [-0.1, -0.05) is 13.8 Å². The van der Waals surface area contributed by atoms with Crippen LogP contribution in [0.2, 0.25) is 0 Å². The van der Waals surface area contributed by atoms with Gasteiger partial charge in [0.1, 0.15) is 0 Å². The molecule has 18 heavy (non-hydrogen) atoms. The Bertz CT molecular complexity index is 463. The number of hydrogen-bond donors (Lipinski definition) is 1. The molecule has 0 aromatic carbocycles. The first-order valence-electron chi connectivity index (χ1n) is 5.63. The lowest BCUT2D eigenvalue weighted by Gasteiger charge is -2.18. The number of carboxylic acid groups (broad SMARTS) is 1. The van der Waals surface area contributed by atoms with Crippen LogP contribution in [-0.2, 0) is 16.1 Å². The van der Waals surface area contributed by atoms with E-state index < -0.39 is 5.97 Å². The van der Waals surface area contributed by atoms with Crippen molar-refractivity contribution in [3.63, 3.8) is 0 Å². The summed E-state index contributed by atoms with van der Waals surface area (Å²) in [6, 6.07) is 1.90. The lowest BCUT2D eigenvalue weighted by Crippen LogP contribution is -2.29. The summed E-state index contributed by atoms with van der Waals surface area (Å²) in [7, 11) is 1.77. The SMILES string of the molecule is CC(C)C(=O)N(C)Cc1cc(/C=C/C(=O)O)cs1. The van der Waals surface area contributed by atoms with Crippen LogP contribution < -0.4 is 0 Å². The van der Waals surface area contributed by atoms with Crippen molar-refractivity contribution in [1.82, 2.24) is 4.90 Å². The third-order valence-electron chi connectivity index (χ3n) is 2.36. The molecular weight excluding hydrogens is 250 g/mol. The molecule has 0 aliphatic heterocycles. The molecule has 0 radical (unpaired) electrons. The van der Waals surface area contributed by atoms with Gasteiger partial charge >= 0.3 is 5.97 Å². The van der Waals surface area contributed by atoms with Gasteiger partial charge in [0.05, 0.1) is 6.54 Å². The van der Waals surface area contributed by atoms with E-state index in [0.717, 1.165) is 16.5 Å². The normalized spacial score (nSPS) is 11.1. The third kappa shape index (κ3) is 4.33. The standard InChI is InChI=1S/C13H17NO3S/c1-9(2)13(17)14(3)7-11-6-10(8-18-11)4-5-12(15)16/h4-6,8-9H,7H2,1-3H3,(H,15,16)/b5-4+. The van der Waals surface area contributed by atoms with Gasteiger partial charge in [0.2, 0.25) is 5.91 Å². The molecule has 1 heterocycles. The molecule has 0 saturated carbocycles. The maximum atomic E-state index is 11.7. The Morgan fingerprint density at radius 3 is 2.72 bits per heavy atom. The van der Waals surface area contributed by atoms with Gasteiger partial charge in [-0.25, -0.2) is 4.79 Å². The van der Waals surface area contributed by atoms with Crippen LogP contribution in [0, 0.1) is 5.92 Å². The van der Waals surface area contributed by atoms with E-state index in [1.807, 2.05) is 25.3 Å². The zero-order valence-corrected chi connectivity index (χ0v) is 11.5. The van der Waals surface area contributed by atoms with Crippen molar-refractivity contribution in [1.29, 1.82) is 0 Å². The highest BCUT2D eigenvalue weighted by Gasteiger charge is 2.13. The highest BCUT2D eigenvalue weighted by molar-refractivity contribution is 7.10. The molecular formula is C13H17NO3S. The van der Waals surface area contributed by atoms with E-state index in [1.165, 1.54) is 11.3 Å². The second-order valence-corrected chi connectivity index (χ2v) is 5.36. The maximum absolute atomic E-state index is 11.7. The highest BCUT2D eigenvalue weighted by atomic mass is 32.1. The molecule has 0 unspecified atom stereocenters. The number of carboxylic acids is 1. The van der Waals surface area contributed by atoms with Crippen LogP contribution in [0.4, 0.5) is 0 Å². The Kier molecular flexibility index (Phi) is 5.09. The van der Waals surface area contributed by atoms with Crippen molar-refractivity contribution < 1.29 is 14.7 Å². The fourth-order valence-electron chi connectivity index (χ4n) is 1.49. The summed E-state index contributed by atoms with van der Waals surface area (Å²) >= 11 is 1.52. The third-order valence-corrected chi connectivity index (χ3v) is 3.30. The van der Waals surface area contributed by atoms with Crippen molar-refractivity contribution in [3.05, 3.63) is 28.0 Å². The minimum Gasteiger partial charge on any atom is -0.478 e. The van der Waals surface area contributed by atoms with Gasteiger partial charge in [0, 0.05) is 23.9 Å². The quantitative estimate of drug-likeness (QED) is 0.834. The Morgan fingerprint density at radius 1 is 1.50 bits per heavy atom. The fraction of sp³-hybridized carbons (Fsp3) is 0.385. The largest absolute Gasteiger partial charge is 0.478 e. The molecule has 98 valence electrons. The number of rotatable bonds is 5. The molecule has 0 atom stereocenters. The van der Waals surface area contributed by atoms with Gasteiger partial charge in [-0.15, -0.1) is 11.3 Å². The summed E-state index contributed by atoms with van der Waals surface area (Å²) in [5.74, 6) is -0.873. The number of nitrogens with zero attached hydrogens (tertiary/aromatic N) is 1. The van der Waals surface area contributed by atoms with Crippen LogP contribution in [0.1, 0.15) is 24.3 Å². The van der Waals surface area contributed by atoms with Crippen molar-refractivity contribution >= 4 is 29.3 Å². The van der Waals surface area contributed by atoms with Crippen molar-refractivity contribution in [2.45, 2.75) is 20.4 Å². The van der Waals surface area contributed by atoms with Gasteiger partial charge in [-0.3, -0.25) is 4.79 Å². The van der Waals surface area contributed by atoms with E-state index in [-0.39, 0.29) is 11.8 Å². The molecule has 1 N–H and O–H groups in total. The molecule has 0 fully saturated rings. The number of aliphatic carboxylic acids is 1. The monoisotopic (exact) mass is 267 g/mol. The molecule has 0 aliphatic carbocycles. The van der Waals surface area contributed by atoms with E-state index in [1.54, 1.807) is 18.0 Å². The molecule has 0 saturated heterocycles. The summed E-state index contributed by atoms with van der Waals surface area (Å²) in [4.78, 5) is 24.8. The molecule has 5 heteroatoms. The van der Waals surface area contributed by atoms with E-state index in [9.17, 15) is 9.59 Å². The summed E-state index contributed by atoms with van der Waals surface area (Å²) < 4.78 is 0. The van der Waals surface area contributed by atoms with Gasteiger partial charge < -0.3 is 10.0 Å². The molecule has 1 aromatic rings. The van der Waals surface area contributed by atoms with E-state index in [4.69, 9.17) is 5.11 Å². The zero-order chi connectivity index (χ0) is 13.7. The first kappa shape index (κ1) is 14.4. The van der Waals surface area contributed by atoms with Gasteiger partial charge in [0.15, 0.2) is 0 Å². The van der Waals surface area contributed by atoms with E-state index in [2.05, 4.69) is 0 Å². The molecule has 1 rings (SSSR count). The molecule has 0 bridgehead atoms. The first-order chi connectivity index (χ1) is 8.40. The Morgan fingerprint density at radius 2 is 2.17 bits per heavy atom. The Hall–Kier alpha value is -1.62. The van der Waals surface area contributed by atoms with Crippen molar-refractivity contribution in [2.24, 2.45) is 5.92 Å². The predicted octanol–water partition coefficient (Wildman–Crippen LogP) is 2.46. The highest BCUT2D eigenvalue weighted by Crippen LogP contribution is 2.18. The molecule has 1 aromatic heterocycles. The first-order valence-corrected chi connectivity index (χ1v) is 6.51. The maximum Gasteiger partial charge on any atom is 0.328 e. The topological polar surface area (TPSA) is 57.6 Å². The fourth-order valence-corrected chi connectivity index (χ4v) is 2.39.